The van der Waals surface area contributed by atoms with E-state index in [0.29, 0.717) is 22.8 Å². The number of benzene rings is 2. The Morgan fingerprint density at radius 3 is 2.69 bits per heavy atom. The van der Waals surface area contributed by atoms with E-state index in [2.05, 4.69) is 10.4 Å². The molecular formula is C28H31ClN6O4. The molecule has 0 radical (unpaired) electrons. The van der Waals surface area contributed by atoms with Gasteiger partial charge in [-0.3, -0.25) is 9.59 Å². The maximum Gasteiger partial charge on any atom is 0.318 e. The average Bonchev–Trinajstić information content (AvgIpc) is 3.63. The molecule has 0 aliphatic carbocycles. The predicted molar refractivity (Wildman–Crippen MR) is 147 cm³/mol. The molecule has 1 aromatic heterocycles. The molecule has 0 bridgehead atoms. The topological polar surface area (TPSA) is 111 Å². The second-order valence-electron chi connectivity index (χ2n) is 9.86. The van der Waals surface area contributed by atoms with Gasteiger partial charge in [-0.1, -0.05) is 29.8 Å². The number of carbonyl (C=O) groups excluding carboxylic acids is 3. The third kappa shape index (κ3) is 5.48. The summed E-state index contributed by atoms with van der Waals surface area (Å²) in [4.78, 5) is 44.7. The normalized spacial score (nSPS) is 19.0. The van der Waals surface area contributed by atoms with Gasteiger partial charge in [0, 0.05) is 43.8 Å². The molecular weight excluding hydrogens is 520 g/mol. The van der Waals surface area contributed by atoms with E-state index in [0.717, 1.165) is 24.1 Å². The van der Waals surface area contributed by atoms with Crippen molar-refractivity contribution in [3.05, 3.63) is 77.1 Å². The number of carbonyl (C=O) groups is 3. The second kappa shape index (κ2) is 11.5. The molecule has 4 amide bonds. The first kappa shape index (κ1) is 26.7. The number of amides is 4. The summed E-state index contributed by atoms with van der Waals surface area (Å²) in [5.74, 6) is -0.486. The van der Waals surface area contributed by atoms with Crippen LogP contribution >= 0.6 is 11.6 Å². The Morgan fingerprint density at radius 2 is 1.95 bits per heavy atom. The molecule has 10 nitrogen and oxygen atoms in total. The van der Waals surface area contributed by atoms with Crippen LogP contribution in [0.1, 0.15) is 35.7 Å². The number of halogens is 1. The SMILES string of the molecule is C[C@@H]1CN(C(=O)c2ccc(-n3cccn3)cc2Cl)c2ccccc2CN1C(=O)NCC(=O)N1CCC[C@H]1CO. The van der Waals surface area contributed by atoms with Crippen molar-refractivity contribution in [3.63, 3.8) is 0 Å². The minimum atomic E-state index is -0.388. The first-order valence-electron chi connectivity index (χ1n) is 13.0. The van der Waals surface area contributed by atoms with Crippen molar-refractivity contribution in [1.29, 1.82) is 0 Å². The Hall–Kier alpha value is -3.89. The summed E-state index contributed by atoms with van der Waals surface area (Å²) < 4.78 is 1.67. The Bertz CT molecular complexity index is 1360. The molecule has 0 spiro atoms. The fourth-order valence-corrected chi connectivity index (χ4v) is 5.52. The van der Waals surface area contributed by atoms with Crippen LogP contribution in [0.3, 0.4) is 0 Å². The number of nitrogens with one attached hydrogen (secondary N) is 1. The molecule has 0 saturated carbocycles. The summed E-state index contributed by atoms with van der Waals surface area (Å²) in [6, 6.07) is 13.5. The number of rotatable bonds is 5. The molecule has 1 saturated heterocycles. The number of anilines is 1. The van der Waals surface area contributed by atoms with Crippen LogP contribution in [0, 0.1) is 0 Å². The molecule has 2 N–H and O–H groups in total. The van der Waals surface area contributed by atoms with E-state index in [4.69, 9.17) is 11.6 Å². The van der Waals surface area contributed by atoms with Crippen LogP contribution in [0.15, 0.2) is 60.9 Å². The van der Waals surface area contributed by atoms with Crippen molar-refractivity contribution in [2.45, 2.75) is 38.4 Å². The molecule has 3 aromatic rings. The van der Waals surface area contributed by atoms with Crippen molar-refractivity contribution < 1.29 is 19.5 Å². The van der Waals surface area contributed by atoms with E-state index >= 15 is 0 Å². The lowest BCUT2D eigenvalue weighted by Crippen LogP contribution is -2.51. The molecule has 39 heavy (non-hydrogen) atoms. The average molecular weight is 551 g/mol. The quantitative estimate of drug-likeness (QED) is 0.507. The summed E-state index contributed by atoms with van der Waals surface area (Å²) in [6.07, 6.45) is 5.06. The van der Waals surface area contributed by atoms with E-state index in [-0.39, 0.29) is 56.2 Å². The highest BCUT2D eigenvalue weighted by Gasteiger charge is 2.33. The van der Waals surface area contributed by atoms with Gasteiger partial charge in [-0.2, -0.15) is 5.10 Å². The third-order valence-corrected chi connectivity index (χ3v) is 7.67. The van der Waals surface area contributed by atoms with E-state index in [1.165, 1.54) is 0 Å². The fraction of sp³-hybridized carbons (Fsp3) is 0.357. The number of aromatic nitrogens is 2. The second-order valence-corrected chi connectivity index (χ2v) is 10.3. The van der Waals surface area contributed by atoms with Crippen LogP contribution in [0.5, 0.6) is 0 Å². The molecule has 3 heterocycles. The highest BCUT2D eigenvalue weighted by Crippen LogP contribution is 2.31. The maximum absolute atomic E-state index is 13.8. The maximum atomic E-state index is 13.8. The van der Waals surface area contributed by atoms with Gasteiger partial charge in [0.05, 0.1) is 35.5 Å². The fourth-order valence-electron chi connectivity index (χ4n) is 5.27. The number of hydrogen-bond donors (Lipinski definition) is 2. The number of nitrogens with zero attached hydrogens (tertiary/aromatic N) is 5. The Kier molecular flexibility index (Phi) is 7.85. The molecule has 2 aliphatic rings. The third-order valence-electron chi connectivity index (χ3n) is 7.36. The van der Waals surface area contributed by atoms with Gasteiger partial charge in [0.25, 0.3) is 5.91 Å². The van der Waals surface area contributed by atoms with E-state index in [9.17, 15) is 19.5 Å². The van der Waals surface area contributed by atoms with Crippen LogP contribution in [0.2, 0.25) is 5.02 Å². The molecule has 2 atom stereocenters. The lowest BCUT2D eigenvalue weighted by molar-refractivity contribution is -0.131. The molecule has 2 aliphatic heterocycles. The monoisotopic (exact) mass is 550 g/mol. The Balaban J connectivity index is 1.34. The predicted octanol–water partition coefficient (Wildman–Crippen LogP) is 3.07. The number of hydrogen-bond acceptors (Lipinski definition) is 5. The van der Waals surface area contributed by atoms with Gasteiger partial charge in [-0.05, 0) is 55.7 Å². The largest absolute Gasteiger partial charge is 0.394 e. The summed E-state index contributed by atoms with van der Waals surface area (Å²) in [5.41, 5.74) is 2.60. The zero-order valence-corrected chi connectivity index (χ0v) is 22.4. The van der Waals surface area contributed by atoms with Crippen LogP contribution < -0.4 is 10.2 Å². The molecule has 204 valence electrons. The van der Waals surface area contributed by atoms with Crippen LogP contribution in [-0.4, -0.2) is 80.9 Å². The van der Waals surface area contributed by atoms with Crippen molar-refractivity contribution in [1.82, 2.24) is 24.9 Å². The minimum absolute atomic E-state index is 0.0839. The Labute approximate surface area is 231 Å². The van der Waals surface area contributed by atoms with Gasteiger partial charge in [-0.25, -0.2) is 9.48 Å². The summed E-state index contributed by atoms with van der Waals surface area (Å²) in [6.45, 7) is 2.73. The number of likely N-dealkylation sites (tertiary alicyclic amines) is 1. The molecule has 1 fully saturated rings. The first-order chi connectivity index (χ1) is 18.9. The first-order valence-corrected chi connectivity index (χ1v) is 13.4. The van der Waals surface area contributed by atoms with E-state index in [1.807, 2.05) is 31.2 Å². The summed E-state index contributed by atoms with van der Waals surface area (Å²) in [5, 5.41) is 16.8. The smallest absolute Gasteiger partial charge is 0.318 e. The van der Waals surface area contributed by atoms with Gasteiger partial charge in [0.15, 0.2) is 0 Å². The number of para-hydroxylation sites is 1. The lowest BCUT2D eigenvalue weighted by atomic mass is 10.1. The van der Waals surface area contributed by atoms with Crippen LogP contribution in [-0.2, 0) is 11.3 Å². The Morgan fingerprint density at radius 1 is 1.13 bits per heavy atom. The number of aliphatic hydroxyl groups is 1. The van der Waals surface area contributed by atoms with Crippen LogP contribution in [0.25, 0.3) is 5.69 Å². The van der Waals surface area contributed by atoms with Gasteiger partial charge < -0.3 is 25.1 Å². The molecule has 11 heteroatoms. The van der Waals surface area contributed by atoms with Gasteiger partial charge in [0.2, 0.25) is 5.91 Å². The van der Waals surface area contributed by atoms with E-state index < -0.39 is 0 Å². The molecule has 2 aromatic carbocycles. The summed E-state index contributed by atoms with van der Waals surface area (Å²) >= 11 is 6.57. The van der Waals surface area contributed by atoms with Gasteiger partial charge >= 0.3 is 6.03 Å². The van der Waals surface area contributed by atoms with E-state index in [1.54, 1.807) is 56.0 Å². The highest BCUT2D eigenvalue weighted by atomic mass is 35.5. The zero-order valence-electron chi connectivity index (χ0n) is 21.7. The molecule has 5 rings (SSSR count). The van der Waals surface area contributed by atoms with Crippen molar-refractivity contribution in [2.75, 3.05) is 31.1 Å². The van der Waals surface area contributed by atoms with Crippen molar-refractivity contribution in [2.24, 2.45) is 0 Å². The summed E-state index contributed by atoms with van der Waals surface area (Å²) in [7, 11) is 0. The van der Waals surface area contributed by atoms with Crippen molar-refractivity contribution in [3.8, 4) is 5.69 Å². The highest BCUT2D eigenvalue weighted by molar-refractivity contribution is 6.34. The number of aliphatic hydroxyl groups excluding tert-OH is 1. The lowest BCUT2D eigenvalue weighted by Gasteiger charge is -2.30. The van der Waals surface area contributed by atoms with Gasteiger partial charge in [-0.15, -0.1) is 0 Å². The standard InChI is InChI=1S/C28H31ClN6O4/c1-19-16-34(27(38)23-10-9-21(14-24(23)29)35-13-5-11-31-35)25-8-3-2-6-20(25)17-33(19)28(39)30-15-26(37)32-12-4-7-22(32)18-36/h2-3,5-6,8-11,13-14,19,22,36H,4,7,12,15-18H2,1H3,(H,30,39)/t19-,22+/m1/s1. The minimum Gasteiger partial charge on any atom is -0.394 e. The van der Waals surface area contributed by atoms with Gasteiger partial charge in [0.1, 0.15) is 0 Å². The number of fused-ring (bicyclic) bond motifs is 1. The van der Waals surface area contributed by atoms with Crippen LogP contribution in [0.4, 0.5) is 10.5 Å². The zero-order chi connectivity index (χ0) is 27.5. The molecule has 0 unspecified atom stereocenters. The number of urea groups is 1. The van der Waals surface area contributed by atoms with Crippen molar-refractivity contribution >= 4 is 35.1 Å².